The van der Waals surface area contributed by atoms with E-state index >= 15 is 0 Å². The number of benzene rings is 1. The van der Waals surface area contributed by atoms with Gasteiger partial charge in [0.2, 0.25) is 11.8 Å². The Hall–Kier alpha value is -2.24. The number of nitrogens with zero attached hydrogens (tertiary/aromatic N) is 3. The molecule has 1 saturated carbocycles. The summed E-state index contributed by atoms with van der Waals surface area (Å²) in [5.74, 6) is 0.984. The van der Waals surface area contributed by atoms with E-state index in [-0.39, 0.29) is 18.2 Å². The van der Waals surface area contributed by atoms with E-state index in [2.05, 4.69) is 10.1 Å². The Labute approximate surface area is 120 Å². The Kier molecular flexibility index (Phi) is 2.77. The maximum atomic E-state index is 13.8. The van der Waals surface area contributed by atoms with Crippen molar-refractivity contribution in [2.24, 2.45) is 0 Å². The molecular weight excluding hydrogens is 273 g/mol. The van der Waals surface area contributed by atoms with E-state index in [1.165, 1.54) is 11.0 Å². The molecule has 2 fully saturated rings. The lowest BCUT2D eigenvalue weighted by Gasteiger charge is -2.16. The molecule has 21 heavy (non-hydrogen) atoms. The molecule has 0 N–H and O–H groups in total. The minimum Gasteiger partial charge on any atom is -0.339 e. The number of aromatic nitrogens is 2. The molecule has 108 valence electrons. The van der Waals surface area contributed by atoms with Gasteiger partial charge in [0.25, 0.3) is 0 Å². The summed E-state index contributed by atoms with van der Waals surface area (Å²) < 4.78 is 19.1. The monoisotopic (exact) mass is 287 g/mol. The van der Waals surface area contributed by atoms with Crippen molar-refractivity contribution in [3.05, 3.63) is 41.8 Å². The summed E-state index contributed by atoms with van der Waals surface area (Å²) in [6.45, 7) is 0.381. The van der Waals surface area contributed by atoms with Crippen molar-refractivity contribution in [1.82, 2.24) is 10.1 Å². The molecule has 0 spiro atoms. The van der Waals surface area contributed by atoms with Crippen molar-refractivity contribution >= 4 is 11.6 Å². The predicted octanol–water partition coefficient (Wildman–Crippen LogP) is 2.61. The van der Waals surface area contributed by atoms with Crippen LogP contribution in [-0.2, 0) is 4.79 Å². The number of halogens is 1. The van der Waals surface area contributed by atoms with Crippen LogP contribution in [0.4, 0.5) is 10.1 Å². The van der Waals surface area contributed by atoms with Crippen LogP contribution in [0.2, 0.25) is 0 Å². The quantitative estimate of drug-likeness (QED) is 0.870. The van der Waals surface area contributed by atoms with Gasteiger partial charge in [0.15, 0.2) is 5.82 Å². The van der Waals surface area contributed by atoms with E-state index in [0.29, 0.717) is 24.0 Å². The molecule has 4 rings (SSSR count). The molecule has 1 amide bonds. The van der Waals surface area contributed by atoms with Crippen LogP contribution in [0.15, 0.2) is 28.8 Å². The molecule has 2 heterocycles. The Morgan fingerprint density at radius 2 is 2.05 bits per heavy atom. The van der Waals surface area contributed by atoms with E-state index in [0.717, 1.165) is 18.7 Å². The first-order valence-electron chi connectivity index (χ1n) is 7.11. The fourth-order valence-corrected chi connectivity index (χ4v) is 2.70. The Balaban J connectivity index is 1.57. The molecule has 1 aliphatic heterocycles. The minimum atomic E-state index is -0.393. The van der Waals surface area contributed by atoms with Crippen molar-refractivity contribution in [2.75, 3.05) is 11.4 Å². The van der Waals surface area contributed by atoms with Crippen LogP contribution in [0.1, 0.15) is 42.8 Å². The number of hydrogen-bond acceptors (Lipinski definition) is 4. The highest BCUT2D eigenvalue weighted by Crippen LogP contribution is 2.39. The maximum Gasteiger partial charge on any atom is 0.232 e. The van der Waals surface area contributed by atoms with Gasteiger partial charge in [0.1, 0.15) is 5.82 Å². The Bertz CT molecular complexity index is 696. The average Bonchev–Trinajstić information content (AvgIpc) is 3.08. The summed E-state index contributed by atoms with van der Waals surface area (Å²) in [6, 6.07) is 6.29. The largest absolute Gasteiger partial charge is 0.339 e. The van der Waals surface area contributed by atoms with Gasteiger partial charge < -0.3 is 9.42 Å². The number of carbonyl (C=O) groups excluding carboxylic acids is 1. The van der Waals surface area contributed by atoms with Crippen molar-refractivity contribution in [1.29, 1.82) is 0 Å². The SMILES string of the molecule is O=C1C[C@H](c2nc(C3CC3)no2)CN1c1ccccc1F. The van der Waals surface area contributed by atoms with Gasteiger partial charge in [-0.05, 0) is 25.0 Å². The second-order valence-corrected chi connectivity index (χ2v) is 5.62. The van der Waals surface area contributed by atoms with E-state index in [1.807, 2.05) is 0 Å². The van der Waals surface area contributed by atoms with Crippen LogP contribution < -0.4 is 4.90 Å². The van der Waals surface area contributed by atoms with Crippen LogP contribution >= 0.6 is 0 Å². The smallest absolute Gasteiger partial charge is 0.232 e. The van der Waals surface area contributed by atoms with Crippen LogP contribution in [0.25, 0.3) is 0 Å². The van der Waals surface area contributed by atoms with Crippen LogP contribution in [0, 0.1) is 5.82 Å². The number of amides is 1. The highest BCUT2D eigenvalue weighted by molar-refractivity contribution is 5.96. The van der Waals surface area contributed by atoms with Crippen molar-refractivity contribution < 1.29 is 13.7 Å². The highest BCUT2D eigenvalue weighted by Gasteiger charge is 2.37. The average molecular weight is 287 g/mol. The van der Waals surface area contributed by atoms with Gasteiger partial charge >= 0.3 is 0 Å². The third kappa shape index (κ3) is 2.20. The number of rotatable bonds is 3. The molecule has 2 aromatic rings. The van der Waals surface area contributed by atoms with Crippen LogP contribution in [0.5, 0.6) is 0 Å². The van der Waals surface area contributed by atoms with Gasteiger partial charge in [-0.2, -0.15) is 4.98 Å². The van der Waals surface area contributed by atoms with Gasteiger partial charge in [0.05, 0.1) is 11.6 Å². The summed E-state index contributed by atoms with van der Waals surface area (Å²) in [7, 11) is 0. The molecule has 1 aromatic heterocycles. The molecule has 0 bridgehead atoms. The Morgan fingerprint density at radius 1 is 1.24 bits per heavy atom. The zero-order valence-electron chi connectivity index (χ0n) is 11.3. The number of carbonyl (C=O) groups is 1. The van der Waals surface area contributed by atoms with Crippen molar-refractivity contribution in [3.8, 4) is 0 Å². The highest BCUT2D eigenvalue weighted by atomic mass is 19.1. The molecule has 1 atom stereocenters. The van der Waals surface area contributed by atoms with Gasteiger partial charge in [-0.3, -0.25) is 4.79 Å². The molecule has 1 saturated heterocycles. The fraction of sp³-hybridized carbons (Fsp3) is 0.400. The topological polar surface area (TPSA) is 59.2 Å². The minimum absolute atomic E-state index is 0.115. The van der Waals surface area contributed by atoms with E-state index < -0.39 is 5.82 Å². The maximum absolute atomic E-state index is 13.8. The first kappa shape index (κ1) is 12.5. The van der Waals surface area contributed by atoms with Crippen LogP contribution in [-0.4, -0.2) is 22.6 Å². The Morgan fingerprint density at radius 3 is 2.81 bits per heavy atom. The first-order valence-corrected chi connectivity index (χ1v) is 7.11. The third-order valence-electron chi connectivity index (χ3n) is 4.02. The molecule has 1 aliphatic carbocycles. The fourth-order valence-electron chi connectivity index (χ4n) is 2.70. The second-order valence-electron chi connectivity index (χ2n) is 5.62. The normalized spacial score (nSPS) is 22.0. The molecule has 6 heteroatoms. The van der Waals surface area contributed by atoms with Gasteiger partial charge in [-0.15, -0.1) is 0 Å². The molecule has 0 unspecified atom stereocenters. The van der Waals surface area contributed by atoms with Gasteiger partial charge in [-0.25, -0.2) is 4.39 Å². The van der Waals surface area contributed by atoms with E-state index in [9.17, 15) is 9.18 Å². The lowest BCUT2D eigenvalue weighted by atomic mass is 10.1. The molecule has 2 aliphatic rings. The van der Waals surface area contributed by atoms with Gasteiger partial charge in [0, 0.05) is 18.9 Å². The number of hydrogen-bond donors (Lipinski definition) is 0. The van der Waals surface area contributed by atoms with Crippen LogP contribution in [0.3, 0.4) is 0 Å². The van der Waals surface area contributed by atoms with Crippen molar-refractivity contribution in [3.63, 3.8) is 0 Å². The lowest BCUT2D eigenvalue weighted by molar-refractivity contribution is -0.117. The number of para-hydroxylation sites is 1. The molecule has 5 nitrogen and oxygen atoms in total. The number of anilines is 1. The van der Waals surface area contributed by atoms with E-state index in [1.54, 1.807) is 18.2 Å². The summed E-state index contributed by atoms with van der Waals surface area (Å²) in [5, 5.41) is 3.97. The third-order valence-corrected chi connectivity index (χ3v) is 4.02. The summed E-state index contributed by atoms with van der Waals surface area (Å²) >= 11 is 0. The standard InChI is InChI=1S/C15H14FN3O2/c16-11-3-1-2-4-12(11)19-8-10(7-13(19)20)15-17-14(18-21-15)9-5-6-9/h1-4,9-10H,5-8H2/t10-/m0/s1. The second kappa shape index (κ2) is 4.65. The lowest BCUT2D eigenvalue weighted by Crippen LogP contribution is -2.25. The zero-order chi connectivity index (χ0) is 14.4. The summed E-state index contributed by atoms with van der Waals surface area (Å²) in [6.07, 6.45) is 2.48. The summed E-state index contributed by atoms with van der Waals surface area (Å²) in [5.41, 5.74) is 0.312. The molecule has 0 radical (unpaired) electrons. The summed E-state index contributed by atoms with van der Waals surface area (Å²) in [4.78, 5) is 18.0. The first-order chi connectivity index (χ1) is 10.2. The zero-order valence-corrected chi connectivity index (χ0v) is 11.3. The van der Waals surface area contributed by atoms with E-state index in [4.69, 9.17) is 4.52 Å². The van der Waals surface area contributed by atoms with Gasteiger partial charge in [-0.1, -0.05) is 17.3 Å². The molecule has 1 aromatic carbocycles. The molecular formula is C15H14FN3O2. The van der Waals surface area contributed by atoms with Crippen molar-refractivity contribution in [2.45, 2.75) is 31.1 Å². The predicted molar refractivity (Wildman–Crippen MR) is 72.4 cm³/mol.